The summed E-state index contributed by atoms with van der Waals surface area (Å²) in [6, 6.07) is 9.63. The third-order valence-electron chi connectivity index (χ3n) is 2.62. The first-order valence-electron chi connectivity index (χ1n) is 7.43. The number of halogens is 1. The Balaban J connectivity index is 0.00000484. The summed E-state index contributed by atoms with van der Waals surface area (Å²) in [4.78, 5) is 15.5. The summed E-state index contributed by atoms with van der Waals surface area (Å²) >= 11 is 0. The van der Waals surface area contributed by atoms with Crippen LogP contribution >= 0.6 is 24.0 Å². The van der Waals surface area contributed by atoms with Crippen LogP contribution in [0.1, 0.15) is 20.3 Å². The maximum Gasteiger partial charge on any atom is 0.307 e. The van der Waals surface area contributed by atoms with Gasteiger partial charge in [-0.05, 0) is 26.0 Å². The number of carbonyl (C=O) groups excluding carboxylic acids is 1. The molecule has 130 valence electrons. The van der Waals surface area contributed by atoms with Crippen LogP contribution in [0.25, 0.3) is 0 Å². The Kier molecular flexibility index (Phi) is 12.1. The average Bonchev–Trinajstić information content (AvgIpc) is 2.50. The molecule has 0 atom stereocenters. The van der Waals surface area contributed by atoms with Gasteiger partial charge in [0.15, 0.2) is 5.96 Å². The second-order valence-electron chi connectivity index (χ2n) is 4.88. The Bertz CT molecular complexity index is 467. The average molecular weight is 435 g/mol. The van der Waals surface area contributed by atoms with Crippen LogP contribution in [0, 0.1) is 0 Å². The molecule has 0 radical (unpaired) electrons. The first-order chi connectivity index (χ1) is 10.6. The van der Waals surface area contributed by atoms with Crippen LogP contribution < -0.4 is 15.4 Å². The lowest BCUT2D eigenvalue weighted by molar-refractivity contribution is -0.147. The van der Waals surface area contributed by atoms with Crippen LogP contribution in [0.4, 0.5) is 0 Å². The molecular formula is C16H26IN3O3. The van der Waals surface area contributed by atoms with E-state index in [0.29, 0.717) is 32.1 Å². The first-order valence-corrected chi connectivity index (χ1v) is 7.43. The molecule has 0 saturated carbocycles. The van der Waals surface area contributed by atoms with E-state index in [4.69, 9.17) is 9.47 Å². The summed E-state index contributed by atoms with van der Waals surface area (Å²) in [5.74, 6) is 1.25. The largest absolute Gasteiger partial charge is 0.492 e. The van der Waals surface area contributed by atoms with E-state index in [1.165, 1.54) is 0 Å². The van der Waals surface area contributed by atoms with Crippen molar-refractivity contribution in [3.63, 3.8) is 0 Å². The Labute approximate surface area is 155 Å². The minimum Gasteiger partial charge on any atom is -0.492 e. The Morgan fingerprint density at radius 1 is 1.17 bits per heavy atom. The van der Waals surface area contributed by atoms with E-state index in [1.54, 1.807) is 7.05 Å². The second-order valence-corrected chi connectivity index (χ2v) is 4.88. The number of hydrogen-bond acceptors (Lipinski definition) is 4. The normalized spacial score (nSPS) is 10.7. The highest BCUT2D eigenvalue weighted by Crippen LogP contribution is 2.07. The fourth-order valence-corrected chi connectivity index (χ4v) is 1.68. The topological polar surface area (TPSA) is 72.0 Å². The Morgan fingerprint density at radius 2 is 1.83 bits per heavy atom. The van der Waals surface area contributed by atoms with Gasteiger partial charge in [0.05, 0.1) is 19.1 Å². The highest BCUT2D eigenvalue weighted by atomic mass is 127. The van der Waals surface area contributed by atoms with Crippen LogP contribution in [0.2, 0.25) is 0 Å². The van der Waals surface area contributed by atoms with E-state index in [2.05, 4.69) is 15.6 Å². The molecular weight excluding hydrogens is 409 g/mol. The van der Waals surface area contributed by atoms with Crippen molar-refractivity contribution in [3.05, 3.63) is 30.3 Å². The molecule has 1 aromatic carbocycles. The Hall–Kier alpha value is -1.51. The number of nitrogens with zero attached hydrogens (tertiary/aromatic N) is 1. The molecule has 0 aromatic heterocycles. The maximum absolute atomic E-state index is 11.4. The zero-order valence-corrected chi connectivity index (χ0v) is 16.2. The molecule has 6 nitrogen and oxygen atoms in total. The predicted molar refractivity (Wildman–Crippen MR) is 103 cm³/mol. The highest BCUT2D eigenvalue weighted by Gasteiger charge is 2.05. The minimum absolute atomic E-state index is 0. The molecule has 2 N–H and O–H groups in total. The number of para-hydroxylation sites is 1. The lowest BCUT2D eigenvalue weighted by Gasteiger charge is -2.13. The monoisotopic (exact) mass is 435 g/mol. The summed E-state index contributed by atoms with van der Waals surface area (Å²) in [7, 11) is 1.68. The molecule has 23 heavy (non-hydrogen) atoms. The van der Waals surface area contributed by atoms with E-state index in [-0.39, 0.29) is 36.0 Å². The van der Waals surface area contributed by atoms with Crippen molar-refractivity contribution in [2.45, 2.75) is 26.4 Å². The van der Waals surface area contributed by atoms with Crippen molar-refractivity contribution in [2.75, 3.05) is 26.7 Å². The Morgan fingerprint density at radius 3 is 2.43 bits per heavy atom. The van der Waals surface area contributed by atoms with Gasteiger partial charge in [-0.2, -0.15) is 0 Å². The number of esters is 1. The molecule has 0 spiro atoms. The van der Waals surface area contributed by atoms with Gasteiger partial charge in [-0.1, -0.05) is 18.2 Å². The number of guanidine groups is 1. The number of nitrogens with one attached hydrogen (secondary N) is 2. The van der Waals surface area contributed by atoms with E-state index < -0.39 is 0 Å². The van der Waals surface area contributed by atoms with Crippen molar-refractivity contribution < 1.29 is 14.3 Å². The lowest BCUT2D eigenvalue weighted by atomic mass is 10.3. The van der Waals surface area contributed by atoms with E-state index in [0.717, 1.165) is 5.75 Å². The quantitative estimate of drug-likeness (QED) is 0.215. The van der Waals surface area contributed by atoms with Gasteiger partial charge in [-0.15, -0.1) is 24.0 Å². The van der Waals surface area contributed by atoms with Gasteiger partial charge in [-0.3, -0.25) is 9.79 Å². The van der Waals surface area contributed by atoms with Crippen LogP contribution in [0.3, 0.4) is 0 Å². The summed E-state index contributed by atoms with van der Waals surface area (Å²) in [6.07, 6.45) is 0.222. The smallest absolute Gasteiger partial charge is 0.307 e. The van der Waals surface area contributed by atoms with Gasteiger partial charge >= 0.3 is 5.97 Å². The molecule has 0 bridgehead atoms. The second kappa shape index (κ2) is 13.0. The molecule has 7 heteroatoms. The fraction of sp³-hybridized carbons (Fsp3) is 0.500. The molecule has 1 rings (SSSR count). The molecule has 0 amide bonds. The van der Waals surface area contributed by atoms with Crippen LogP contribution in [0.15, 0.2) is 35.3 Å². The number of hydrogen-bond donors (Lipinski definition) is 2. The van der Waals surface area contributed by atoms with Gasteiger partial charge in [0.1, 0.15) is 12.4 Å². The highest BCUT2D eigenvalue weighted by molar-refractivity contribution is 14.0. The van der Waals surface area contributed by atoms with Crippen LogP contribution in [-0.4, -0.2) is 44.8 Å². The van der Waals surface area contributed by atoms with Crippen molar-refractivity contribution >= 4 is 35.9 Å². The van der Waals surface area contributed by atoms with Gasteiger partial charge in [-0.25, -0.2) is 0 Å². The third-order valence-corrected chi connectivity index (χ3v) is 2.62. The predicted octanol–water partition coefficient (Wildman–Crippen LogP) is 2.19. The van der Waals surface area contributed by atoms with Gasteiger partial charge in [0.25, 0.3) is 0 Å². The number of ether oxygens (including phenoxy) is 2. The minimum atomic E-state index is -0.217. The molecule has 0 fully saturated rings. The molecule has 0 aliphatic heterocycles. The zero-order valence-electron chi connectivity index (χ0n) is 13.9. The maximum atomic E-state index is 11.4. The summed E-state index contributed by atoms with van der Waals surface area (Å²) < 4.78 is 10.6. The van der Waals surface area contributed by atoms with Gasteiger partial charge < -0.3 is 20.1 Å². The fourth-order valence-electron chi connectivity index (χ4n) is 1.68. The van der Waals surface area contributed by atoms with Crippen LogP contribution in [-0.2, 0) is 9.53 Å². The summed E-state index contributed by atoms with van der Waals surface area (Å²) in [5, 5.41) is 6.17. The third kappa shape index (κ3) is 10.8. The summed E-state index contributed by atoms with van der Waals surface area (Å²) in [6.45, 7) is 5.28. The van der Waals surface area contributed by atoms with Gasteiger partial charge in [0.2, 0.25) is 0 Å². The van der Waals surface area contributed by atoms with Gasteiger partial charge in [0, 0.05) is 13.6 Å². The summed E-state index contributed by atoms with van der Waals surface area (Å²) in [5.41, 5.74) is 0. The van der Waals surface area contributed by atoms with Crippen molar-refractivity contribution in [1.29, 1.82) is 0 Å². The van der Waals surface area contributed by atoms with E-state index >= 15 is 0 Å². The van der Waals surface area contributed by atoms with Crippen LogP contribution in [0.5, 0.6) is 5.75 Å². The van der Waals surface area contributed by atoms with Crippen molar-refractivity contribution in [2.24, 2.45) is 4.99 Å². The standard InChI is InChI=1S/C16H25N3O3.HI/c1-13(2)22-15(20)9-10-18-16(17-3)19-11-12-21-14-7-5-4-6-8-14;/h4-8,13H,9-12H2,1-3H3,(H2,17,18,19);1H. The molecule has 0 unspecified atom stereocenters. The van der Waals surface area contributed by atoms with E-state index in [1.807, 2.05) is 44.2 Å². The lowest BCUT2D eigenvalue weighted by Crippen LogP contribution is -2.40. The van der Waals surface area contributed by atoms with E-state index in [9.17, 15) is 4.79 Å². The number of carbonyl (C=O) groups is 1. The van der Waals surface area contributed by atoms with Crippen molar-refractivity contribution in [3.8, 4) is 5.75 Å². The molecule has 1 aromatic rings. The number of rotatable bonds is 8. The molecule has 0 aliphatic carbocycles. The SMILES string of the molecule is CN=C(NCCOc1ccccc1)NCCC(=O)OC(C)C.I. The molecule has 0 saturated heterocycles. The first kappa shape index (κ1) is 21.5. The zero-order chi connectivity index (χ0) is 16.2. The van der Waals surface area contributed by atoms with Crippen molar-refractivity contribution in [1.82, 2.24) is 10.6 Å². The number of benzene rings is 1. The molecule has 0 aliphatic rings. The number of aliphatic imine (C=N–C) groups is 1. The molecule has 0 heterocycles.